The molecule has 1 aromatic carbocycles. The lowest BCUT2D eigenvalue weighted by atomic mass is 10.1. The van der Waals surface area contributed by atoms with E-state index in [2.05, 4.69) is 5.32 Å². The molecule has 0 spiro atoms. The molecule has 0 aliphatic carbocycles. The summed E-state index contributed by atoms with van der Waals surface area (Å²) in [4.78, 5) is 26.0. The Morgan fingerprint density at radius 1 is 1.14 bits per heavy atom. The fourth-order valence-corrected chi connectivity index (χ4v) is 2.19. The number of benzene rings is 1. The fraction of sp³-hybridized carbons (Fsp3) is 0.529. The van der Waals surface area contributed by atoms with E-state index in [1.165, 1.54) is 0 Å². The van der Waals surface area contributed by atoms with Crippen LogP contribution < -0.4 is 5.32 Å². The first-order valence-corrected chi connectivity index (χ1v) is 7.60. The minimum atomic E-state index is -0.722. The van der Waals surface area contributed by atoms with Crippen molar-refractivity contribution in [3.05, 3.63) is 23.8 Å². The van der Waals surface area contributed by atoms with E-state index < -0.39 is 11.8 Å². The second-order valence-corrected chi connectivity index (χ2v) is 6.47. The van der Waals surface area contributed by atoms with Crippen molar-refractivity contribution in [1.29, 1.82) is 0 Å². The zero-order chi connectivity index (χ0) is 16.9. The standard InChI is InChI=1S/C17H26N2O3/c1-11(2)9-19(10-12(3)4)17(22)16(21)18-14-7-6-13(5)8-15(14)20/h6-8,11-12,20H,9-10H2,1-5H3,(H,18,21). The van der Waals surface area contributed by atoms with Crippen molar-refractivity contribution in [2.24, 2.45) is 11.8 Å². The minimum Gasteiger partial charge on any atom is -0.506 e. The maximum absolute atomic E-state index is 12.3. The summed E-state index contributed by atoms with van der Waals surface area (Å²) >= 11 is 0. The van der Waals surface area contributed by atoms with Gasteiger partial charge >= 0.3 is 11.8 Å². The molecule has 0 aromatic heterocycles. The summed E-state index contributed by atoms with van der Waals surface area (Å²) in [6.07, 6.45) is 0. The molecular formula is C17H26N2O3. The number of carbonyl (C=O) groups excluding carboxylic acids is 2. The zero-order valence-corrected chi connectivity index (χ0v) is 14.0. The number of carbonyl (C=O) groups is 2. The van der Waals surface area contributed by atoms with Crippen LogP contribution in [-0.2, 0) is 9.59 Å². The quantitative estimate of drug-likeness (QED) is 0.649. The van der Waals surface area contributed by atoms with Gasteiger partial charge in [0.2, 0.25) is 0 Å². The minimum absolute atomic E-state index is 0.0413. The molecule has 1 aromatic rings. The van der Waals surface area contributed by atoms with Gasteiger partial charge in [-0.3, -0.25) is 9.59 Å². The Hall–Kier alpha value is -2.04. The van der Waals surface area contributed by atoms with Crippen LogP contribution in [-0.4, -0.2) is 34.9 Å². The molecule has 2 amide bonds. The Labute approximate surface area is 132 Å². The lowest BCUT2D eigenvalue weighted by molar-refractivity contribution is -0.143. The molecule has 0 bridgehead atoms. The van der Waals surface area contributed by atoms with E-state index >= 15 is 0 Å². The lowest BCUT2D eigenvalue weighted by Gasteiger charge is -2.25. The van der Waals surface area contributed by atoms with Gasteiger partial charge in [-0.25, -0.2) is 0 Å². The number of anilines is 1. The maximum Gasteiger partial charge on any atom is 0.314 e. The number of amides is 2. The molecule has 5 heteroatoms. The van der Waals surface area contributed by atoms with Gasteiger partial charge in [0, 0.05) is 13.1 Å². The molecule has 5 nitrogen and oxygen atoms in total. The van der Waals surface area contributed by atoms with E-state index in [0.717, 1.165) is 5.56 Å². The monoisotopic (exact) mass is 306 g/mol. The first kappa shape index (κ1) is 18.0. The van der Waals surface area contributed by atoms with Gasteiger partial charge in [-0.1, -0.05) is 33.8 Å². The van der Waals surface area contributed by atoms with Crippen LogP contribution in [0.3, 0.4) is 0 Å². The Kier molecular flexibility index (Phi) is 6.40. The third-order valence-corrected chi connectivity index (χ3v) is 3.05. The average molecular weight is 306 g/mol. The molecule has 0 heterocycles. The SMILES string of the molecule is Cc1ccc(NC(=O)C(=O)N(CC(C)C)CC(C)C)c(O)c1. The van der Waals surface area contributed by atoms with E-state index in [9.17, 15) is 14.7 Å². The number of phenols is 1. The lowest BCUT2D eigenvalue weighted by Crippen LogP contribution is -2.43. The third-order valence-electron chi connectivity index (χ3n) is 3.05. The largest absolute Gasteiger partial charge is 0.506 e. The zero-order valence-electron chi connectivity index (χ0n) is 14.0. The van der Waals surface area contributed by atoms with Crippen LogP contribution in [0.25, 0.3) is 0 Å². The smallest absolute Gasteiger partial charge is 0.314 e. The van der Waals surface area contributed by atoms with Crippen LogP contribution in [0.4, 0.5) is 5.69 Å². The Morgan fingerprint density at radius 2 is 1.68 bits per heavy atom. The molecule has 0 radical (unpaired) electrons. The Bertz CT molecular complexity index is 529. The summed E-state index contributed by atoms with van der Waals surface area (Å²) in [5, 5.41) is 12.3. The highest BCUT2D eigenvalue weighted by Crippen LogP contribution is 2.23. The summed E-state index contributed by atoms with van der Waals surface area (Å²) in [5.41, 5.74) is 1.13. The number of nitrogens with zero attached hydrogens (tertiary/aromatic N) is 1. The molecule has 22 heavy (non-hydrogen) atoms. The molecule has 0 saturated heterocycles. The predicted octanol–water partition coefficient (Wildman–Crippen LogP) is 2.78. The van der Waals surface area contributed by atoms with Crippen LogP contribution in [0, 0.1) is 18.8 Å². The third kappa shape index (κ3) is 5.39. The first-order chi connectivity index (χ1) is 10.2. The normalized spacial score (nSPS) is 10.9. The number of phenolic OH excluding ortho intramolecular Hbond substituents is 1. The first-order valence-electron chi connectivity index (χ1n) is 7.60. The molecule has 0 saturated carbocycles. The Morgan fingerprint density at radius 3 is 2.14 bits per heavy atom. The summed E-state index contributed by atoms with van der Waals surface area (Å²) < 4.78 is 0. The molecule has 0 aliphatic rings. The van der Waals surface area contributed by atoms with E-state index in [4.69, 9.17) is 0 Å². The number of rotatable bonds is 5. The highest BCUT2D eigenvalue weighted by atomic mass is 16.3. The van der Waals surface area contributed by atoms with E-state index in [0.29, 0.717) is 13.1 Å². The summed E-state index contributed by atoms with van der Waals surface area (Å²) in [6.45, 7) is 10.9. The highest BCUT2D eigenvalue weighted by Gasteiger charge is 2.24. The molecule has 122 valence electrons. The number of hydrogen-bond donors (Lipinski definition) is 2. The number of hydrogen-bond acceptors (Lipinski definition) is 3. The van der Waals surface area contributed by atoms with Gasteiger partial charge in [-0.2, -0.15) is 0 Å². The van der Waals surface area contributed by atoms with Crippen molar-refractivity contribution in [1.82, 2.24) is 4.90 Å². The molecule has 0 unspecified atom stereocenters. The highest BCUT2D eigenvalue weighted by molar-refractivity contribution is 6.39. The van der Waals surface area contributed by atoms with Crippen LogP contribution in [0.5, 0.6) is 5.75 Å². The summed E-state index contributed by atoms with van der Waals surface area (Å²) in [7, 11) is 0. The predicted molar refractivity (Wildman–Crippen MR) is 87.7 cm³/mol. The van der Waals surface area contributed by atoms with Crippen LogP contribution in [0.2, 0.25) is 0 Å². The van der Waals surface area contributed by atoms with E-state index in [-0.39, 0.29) is 23.3 Å². The van der Waals surface area contributed by atoms with Crippen LogP contribution in [0.15, 0.2) is 18.2 Å². The van der Waals surface area contributed by atoms with Crippen molar-refractivity contribution >= 4 is 17.5 Å². The molecule has 0 aliphatic heterocycles. The van der Waals surface area contributed by atoms with Gasteiger partial charge in [-0.15, -0.1) is 0 Å². The van der Waals surface area contributed by atoms with E-state index in [1.54, 1.807) is 23.1 Å². The Balaban J connectivity index is 2.82. The van der Waals surface area contributed by atoms with Gasteiger partial charge in [0.15, 0.2) is 0 Å². The molecule has 0 atom stereocenters. The summed E-state index contributed by atoms with van der Waals surface area (Å²) in [5.74, 6) is -0.769. The molecule has 2 N–H and O–H groups in total. The second-order valence-electron chi connectivity index (χ2n) is 6.47. The topological polar surface area (TPSA) is 69.6 Å². The van der Waals surface area contributed by atoms with Crippen LogP contribution in [0.1, 0.15) is 33.3 Å². The van der Waals surface area contributed by atoms with Crippen LogP contribution >= 0.6 is 0 Å². The number of nitrogens with one attached hydrogen (secondary N) is 1. The molecular weight excluding hydrogens is 280 g/mol. The molecule has 0 fully saturated rings. The van der Waals surface area contributed by atoms with Crippen molar-refractivity contribution in [3.8, 4) is 5.75 Å². The average Bonchev–Trinajstić information content (AvgIpc) is 2.39. The second kappa shape index (κ2) is 7.82. The van der Waals surface area contributed by atoms with Gasteiger partial charge < -0.3 is 15.3 Å². The summed E-state index contributed by atoms with van der Waals surface area (Å²) in [6, 6.07) is 4.89. The van der Waals surface area contributed by atoms with Gasteiger partial charge in [0.05, 0.1) is 5.69 Å². The molecule has 1 rings (SSSR count). The van der Waals surface area contributed by atoms with Gasteiger partial charge in [0.1, 0.15) is 5.75 Å². The van der Waals surface area contributed by atoms with Crippen molar-refractivity contribution in [3.63, 3.8) is 0 Å². The van der Waals surface area contributed by atoms with Crippen molar-refractivity contribution in [2.75, 3.05) is 18.4 Å². The van der Waals surface area contributed by atoms with Crippen molar-refractivity contribution < 1.29 is 14.7 Å². The maximum atomic E-state index is 12.3. The number of aryl methyl sites for hydroxylation is 1. The van der Waals surface area contributed by atoms with Gasteiger partial charge in [0.25, 0.3) is 0 Å². The fourth-order valence-electron chi connectivity index (χ4n) is 2.19. The van der Waals surface area contributed by atoms with Gasteiger partial charge in [-0.05, 0) is 36.5 Å². The van der Waals surface area contributed by atoms with E-state index in [1.807, 2.05) is 34.6 Å². The number of aromatic hydroxyl groups is 1. The van der Waals surface area contributed by atoms with Crippen molar-refractivity contribution in [2.45, 2.75) is 34.6 Å².